The van der Waals surface area contributed by atoms with Crippen LogP contribution in [0.25, 0.3) is 0 Å². The van der Waals surface area contributed by atoms with E-state index in [9.17, 15) is 4.79 Å². The van der Waals surface area contributed by atoms with Gasteiger partial charge in [0.05, 0.1) is 15.8 Å². The van der Waals surface area contributed by atoms with Gasteiger partial charge in [0.25, 0.3) is 0 Å². The lowest BCUT2D eigenvalue weighted by atomic mass is 10.1. The van der Waals surface area contributed by atoms with Crippen molar-refractivity contribution < 1.29 is 4.79 Å². The first-order valence-corrected chi connectivity index (χ1v) is 6.58. The van der Waals surface area contributed by atoms with Crippen molar-refractivity contribution in [2.75, 3.05) is 11.5 Å². The monoisotopic (exact) mass is 262 g/mol. The SMILES string of the molecule is CCSCC(=O)Cc1cccc(Cl)c1Cl. The Morgan fingerprint density at radius 3 is 2.80 bits per heavy atom. The number of halogens is 2. The third kappa shape index (κ3) is 4.06. The van der Waals surface area contributed by atoms with Crippen LogP contribution in [0.15, 0.2) is 18.2 Å². The minimum atomic E-state index is 0.186. The van der Waals surface area contributed by atoms with E-state index in [1.165, 1.54) is 0 Å². The molecular formula is C11H12Cl2OS. The number of rotatable bonds is 5. The van der Waals surface area contributed by atoms with Crippen LogP contribution in [-0.4, -0.2) is 17.3 Å². The highest BCUT2D eigenvalue weighted by atomic mass is 35.5. The molecule has 0 atom stereocenters. The molecule has 1 nitrogen and oxygen atoms in total. The summed E-state index contributed by atoms with van der Waals surface area (Å²) in [6.45, 7) is 2.03. The van der Waals surface area contributed by atoms with Gasteiger partial charge in [0.2, 0.25) is 0 Å². The molecule has 0 saturated carbocycles. The highest BCUT2D eigenvalue weighted by molar-refractivity contribution is 7.99. The Morgan fingerprint density at radius 2 is 2.13 bits per heavy atom. The first-order chi connectivity index (χ1) is 7.15. The van der Waals surface area contributed by atoms with Crippen LogP contribution in [0.5, 0.6) is 0 Å². The molecule has 0 bridgehead atoms. The molecule has 0 spiro atoms. The average molecular weight is 263 g/mol. The van der Waals surface area contributed by atoms with Gasteiger partial charge >= 0.3 is 0 Å². The second-order valence-electron chi connectivity index (χ2n) is 3.07. The molecule has 0 aromatic heterocycles. The van der Waals surface area contributed by atoms with Crippen LogP contribution in [0, 0.1) is 0 Å². The second-order valence-corrected chi connectivity index (χ2v) is 5.12. The summed E-state index contributed by atoms with van der Waals surface area (Å²) in [6.07, 6.45) is 0.367. The quantitative estimate of drug-likeness (QED) is 0.802. The second kappa shape index (κ2) is 6.41. The van der Waals surface area contributed by atoms with Gasteiger partial charge in [-0.3, -0.25) is 4.79 Å². The van der Waals surface area contributed by atoms with E-state index in [0.29, 0.717) is 22.2 Å². The molecule has 0 aliphatic carbocycles. The Bertz CT molecular complexity index is 352. The molecule has 0 aliphatic heterocycles. The van der Waals surface area contributed by atoms with Gasteiger partial charge in [-0.1, -0.05) is 42.3 Å². The summed E-state index contributed by atoms with van der Waals surface area (Å²) in [6, 6.07) is 5.37. The Balaban J connectivity index is 2.64. The molecule has 0 heterocycles. The first kappa shape index (κ1) is 12.9. The van der Waals surface area contributed by atoms with E-state index >= 15 is 0 Å². The summed E-state index contributed by atoms with van der Waals surface area (Å²) in [7, 11) is 0. The number of thioether (sulfide) groups is 1. The molecule has 0 saturated heterocycles. The molecule has 1 aromatic rings. The lowest BCUT2D eigenvalue weighted by molar-refractivity contribution is -0.116. The fourth-order valence-corrected chi connectivity index (χ4v) is 2.09. The number of carbonyl (C=O) groups excluding carboxylic acids is 1. The smallest absolute Gasteiger partial charge is 0.147 e. The van der Waals surface area contributed by atoms with Crippen LogP contribution in [0.2, 0.25) is 10.0 Å². The van der Waals surface area contributed by atoms with Crippen LogP contribution in [0.3, 0.4) is 0 Å². The van der Waals surface area contributed by atoms with Gasteiger partial charge in [-0.2, -0.15) is 11.8 Å². The van der Waals surface area contributed by atoms with Crippen LogP contribution >= 0.6 is 35.0 Å². The molecule has 0 radical (unpaired) electrons. The van der Waals surface area contributed by atoms with Crippen LogP contribution in [-0.2, 0) is 11.2 Å². The van der Waals surface area contributed by atoms with Crippen molar-refractivity contribution in [3.63, 3.8) is 0 Å². The van der Waals surface area contributed by atoms with Crippen molar-refractivity contribution in [3.05, 3.63) is 33.8 Å². The third-order valence-electron chi connectivity index (χ3n) is 1.89. The zero-order valence-corrected chi connectivity index (χ0v) is 10.8. The number of hydrogen-bond donors (Lipinski definition) is 0. The van der Waals surface area contributed by atoms with E-state index in [1.54, 1.807) is 17.8 Å². The largest absolute Gasteiger partial charge is 0.298 e. The van der Waals surface area contributed by atoms with E-state index in [2.05, 4.69) is 0 Å². The van der Waals surface area contributed by atoms with Crippen molar-refractivity contribution in [1.29, 1.82) is 0 Å². The lowest BCUT2D eigenvalue weighted by Gasteiger charge is -2.04. The van der Waals surface area contributed by atoms with E-state index in [0.717, 1.165) is 11.3 Å². The topological polar surface area (TPSA) is 17.1 Å². The summed E-state index contributed by atoms with van der Waals surface area (Å²) in [5.74, 6) is 1.68. The zero-order valence-electron chi connectivity index (χ0n) is 8.43. The van der Waals surface area contributed by atoms with Crippen molar-refractivity contribution in [1.82, 2.24) is 0 Å². The molecule has 0 aliphatic rings. The molecule has 0 unspecified atom stereocenters. The van der Waals surface area contributed by atoms with Crippen molar-refractivity contribution in [3.8, 4) is 0 Å². The van der Waals surface area contributed by atoms with Crippen molar-refractivity contribution in [2.45, 2.75) is 13.3 Å². The number of ketones is 1. The molecule has 82 valence electrons. The molecular weight excluding hydrogens is 251 g/mol. The van der Waals surface area contributed by atoms with Crippen molar-refractivity contribution >= 4 is 40.7 Å². The van der Waals surface area contributed by atoms with Gasteiger partial charge in [-0.05, 0) is 17.4 Å². The summed E-state index contributed by atoms with van der Waals surface area (Å²) in [4.78, 5) is 11.5. The van der Waals surface area contributed by atoms with Crippen LogP contribution < -0.4 is 0 Å². The maximum atomic E-state index is 11.5. The molecule has 1 rings (SSSR count). The number of benzene rings is 1. The number of hydrogen-bond acceptors (Lipinski definition) is 2. The molecule has 0 fully saturated rings. The summed E-state index contributed by atoms with van der Waals surface area (Å²) in [5, 5.41) is 0.999. The predicted molar refractivity (Wildman–Crippen MR) is 68.2 cm³/mol. The van der Waals surface area contributed by atoms with Gasteiger partial charge in [0, 0.05) is 6.42 Å². The molecule has 1 aromatic carbocycles. The Labute approximate surface area is 104 Å². The maximum Gasteiger partial charge on any atom is 0.147 e. The minimum Gasteiger partial charge on any atom is -0.298 e. The number of carbonyl (C=O) groups is 1. The Morgan fingerprint density at radius 1 is 1.40 bits per heavy atom. The normalized spacial score (nSPS) is 10.3. The van der Waals surface area contributed by atoms with E-state index < -0.39 is 0 Å². The van der Waals surface area contributed by atoms with Crippen LogP contribution in [0.4, 0.5) is 0 Å². The first-order valence-electron chi connectivity index (χ1n) is 4.67. The standard InChI is InChI=1S/C11H12Cl2OS/c1-2-15-7-9(14)6-8-4-3-5-10(12)11(8)13/h3-5H,2,6-7H2,1H3. The third-order valence-corrected chi connectivity index (χ3v) is 3.68. The Kier molecular flexibility index (Phi) is 5.51. The summed E-state index contributed by atoms with van der Waals surface area (Å²) >= 11 is 13.5. The minimum absolute atomic E-state index is 0.186. The van der Waals surface area contributed by atoms with E-state index in [4.69, 9.17) is 23.2 Å². The highest BCUT2D eigenvalue weighted by Crippen LogP contribution is 2.26. The highest BCUT2D eigenvalue weighted by Gasteiger charge is 2.08. The van der Waals surface area contributed by atoms with Gasteiger partial charge in [0.15, 0.2) is 0 Å². The van der Waals surface area contributed by atoms with Crippen LogP contribution in [0.1, 0.15) is 12.5 Å². The van der Waals surface area contributed by atoms with Gasteiger partial charge < -0.3 is 0 Å². The van der Waals surface area contributed by atoms with Gasteiger partial charge in [-0.25, -0.2) is 0 Å². The zero-order chi connectivity index (χ0) is 11.3. The molecule has 4 heteroatoms. The van der Waals surface area contributed by atoms with E-state index in [-0.39, 0.29) is 5.78 Å². The van der Waals surface area contributed by atoms with Gasteiger partial charge in [0.1, 0.15) is 5.78 Å². The summed E-state index contributed by atoms with van der Waals surface area (Å²) in [5.41, 5.74) is 0.811. The molecule has 15 heavy (non-hydrogen) atoms. The Hall–Kier alpha value is -0.180. The maximum absolute atomic E-state index is 11.5. The average Bonchev–Trinajstić information content (AvgIpc) is 2.22. The summed E-state index contributed by atoms with van der Waals surface area (Å²) < 4.78 is 0. The molecule has 0 amide bonds. The fraction of sp³-hybridized carbons (Fsp3) is 0.364. The predicted octanol–water partition coefficient (Wildman–Crippen LogP) is 3.86. The van der Waals surface area contributed by atoms with Crippen molar-refractivity contribution in [2.24, 2.45) is 0 Å². The fourth-order valence-electron chi connectivity index (χ4n) is 1.16. The van der Waals surface area contributed by atoms with E-state index in [1.807, 2.05) is 19.1 Å². The number of Topliss-reactive ketones (excluding diaryl/α,β-unsaturated/α-hetero) is 1. The lowest BCUT2D eigenvalue weighted by Crippen LogP contribution is -2.06. The molecule has 0 N–H and O–H groups in total. The van der Waals surface area contributed by atoms with Gasteiger partial charge in [-0.15, -0.1) is 0 Å².